The van der Waals surface area contributed by atoms with Gasteiger partial charge in [0.2, 0.25) is 0 Å². The Morgan fingerprint density at radius 3 is 2.39 bits per heavy atom. The summed E-state index contributed by atoms with van der Waals surface area (Å²) in [7, 11) is 0. The van der Waals surface area contributed by atoms with Crippen LogP contribution >= 0.6 is 0 Å². The number of nitrogens with one attached hydrogen (secondary N) is 1. The van der Waals surface area contributed by atoms with Gasteiger partial charge in [0.1, 0.15) is 18.1 Å². The second kappa shape index (κ2) is 10.4. The van der Waals surface area contributed by atoms with Gasteiger partial charge in [-0.05, 0) is 60.9 Å². The number of carbonyl (C=O) groups is 1. The predicted octanol–water partition coefficient (Wildman–Crippen LogP) is 7.06. The number of benzene rings is 3. The number of ether oxygens (including phenoxy) is 2. The first-order valence-electron chi connectivity index (χ1n) is 10.6. The second-order valence-electron chi connectivity index (χ2n) is 7.77. The SMILES string of the molecule is CCOc1ccc(C(=O)Nc2cccc(C(F)(F)F)c2)cc1COc1ccccc1C(C)C. The fourth-order valence-electron chi connectivity index (χ4n) is 3.35. The number of hydrogen-bond donors (Lipinski definition) is 1. The van der Waals surface area contributed by atoms with Crippen LogP contribution in [0.5, 0.6) is 11.5 Å². The Labute approximate surface area is 191 Å². The van der Waals surface area contributed by atoms with Gasteiger partial charge in [0, 0.05) is 16.8 Å². The van der Waals surface area contributed by atoms with Gasteiger partial charge in [-0.1, -0.05) is 38.1 Å². The Morgan fingerprint density at radius 2 is 1.70 bits per heavy atom. The zero-order valence-corrected chi connectivity index (χ0v) is 18.7. The number of amides is 1. The van der Waals surface area contributed by atoms with Gasteiger partial charge < -0.3 is 14.8 Å². The van der Waals surface area contributed by atoms with Crippen molar-refractivity contribution in [3.63, 3.8) is 0 Å². The van der Waals surface area contributed by atoms with Crippen molar-refractivity contribution >= 4 is 11.6 Å². The minimum atomic E-state index is -4.49. The van der Waals surface area contributed by atoms with E-state index in [1.165, 1.54) is 12.1 Å². The molecule has 0 saturated carbocycles. The van der Waals surface area contributed by atoms with Crippen molar-refractivity contribution in [2.24, 2.45) is 0 Å². The van der Waals surface area contributed by atoms with Gasteiger partial charge in [-0.15, -0.1) is 0 Å². The van der Waals surface area contributed by atoms with E-state index in [9.17, 15) is 18.0 Å². The number of halogens is 3. The lowest BCUT2D eigenvalue weighted by Gasteiger charge is -2.16. The molecule has 0 atom stereocenters. The highest BCUT2D eigenvalue weighted by molar-refractivity contribution is 6.04. The molecule has 1 amide bonds. The van der Waals surface area contributed by atoms with E-state index >= 15 is 0 Å². The lowest BCUT2D eigenvalue weighted by molar-refractivity contribution is -0.137. The summed E-state index contributed by atoms with van der Waals surface area (Å²) in [5, 5.41) is 2.53. The summed E-state index contributed by atoms with van der Waals surface area (Å²) in [6.07, 6.45) is -4.49. The highest BCUT2D eigenvalue weighted by Crippen LogP contribution is 2.31. The smallest absolute Gasteiger partial charge is 0.416 e. The van der Waals surface area contributed by atoms with Crippen molar-refractivity contribution in [3.05, 3.63) is 89.0 Å². The Morgan fingerprint density at radius 1 is 0.939 bits per heavy atom. The third-order valence-electron chi connectivity index (χ3n) is 4.99. The summed E-state index contributed by atoms with van der Waals surface area (Å²) < 4.78 is 50.6. The molecule has 0 fully saturated rings. The predicted molar refractivity (Wildman–Crippen MR) is 122 cm³/mol. The van der Waals surface area contributed by atoms with Gasteiger partial charge in [-0.2, -0.15) is 13.2 Å². The van der Waals surface area contributed by atoms with E-state index in [2.05, 4.69) is 19.2 Å². The Hall–Kier alpha value is -3.48. The maximum Gasteiger partial charge on any atom is 0.416 e. The number of rotatable bonds is 8. The lowest BCUT2D eigenvalue weighted by atomic mass is 10.0. The van der Waals surface area contributed by atoms with E-state index in [1.54, 1.807) is 18.2 Å². The number of para-hydroxylation sites is 1. The van der Waals surface area contributed by atoms with Crippen molar-refractivity contribution in [3.8, 4) is 11.5 Å². The number of hydrogen-bond acceptors (Lipinski definition) is 3. The maximum absolute atomic E-state index is 13.0. The van der Waals surface area contributed by atoms with E-state index in [4.69, 9.17) is 9.47 Å². The molecule has 3 aromatic carbocycles. The summed E-state index contributed by atoms with van der Waals surface area (Å²) in [5.41, 5.74) is 1.24. The molecule has 33 heavy (non-hydrogen) atoms. The fraction of sp³-hybridized carbons (Fsp3) is 0.269. The van der Waals surface area contributed by atoms with Crippen LogP contribution < -0.4 is 14.8 Å². The van der Waals surface area contributed by atoms with Crippen LogP contribution in [0.3, 0.4) is 0 Å². The molecule has 4 nitrogen and oxygen atoms in total. The topological polar surface area (TPSA) is 47.6 Å². The van der Waals surface area contributed by atoms with Gasteiger partial charge >= 0.3 is 6.18 Å². The molecule has 0 unspecified atom stereocenters. The second-order valence-corrected chi connectivity index (χ2v) is 7.77. The highest BCUT2D eigenvalue weighted by atomic mass is 19.4. The Kier molecular flexibility index (Phi) is 7.63. The molecule has 1 N–H and O–H groups in total. The van der Waals surface area contributed by atoms with Gasteiger partial charge in [-0.3, -0.25) is 4.79 Å². The summed E-state index contributed by atoms with van der Waals surface area (Å²) >= 11 is 0. The number of anilines is 1. The summed E-state index contributed by atoms with van der Waals surface area (Å²) in [4.78, 5) is 12.7. The van der Waals surface area contributed by atoms with Crippen LogP contribution in [-0.2, 0) is 12.8 Å². The molecule has 0 aliphatic carbocycles. The number of carbonyl (C=O) groups excluding carboxylic acids is 1. The maximum atomic E-state index is 13.0. The van der Waals surface area contributed by atoms with E-state index in [0.717, 1.165) is 23.4 Å². The first kappa shape index (κ1) is 24.2. The van der Waals surface area contributed by atoms with Crippen molar-refractivity contribution < 1.29 is 27.4 Å². The third kappa shape index (κ3) is 6.28. The van der Waals surface area contributed by atoms with Crippen LogP contribution in [0.25, 0.3) is 0 Å². The standard InChI is InChI=1S/C26H26F3NO3/c1-4-32-23-13-12-18(25(31)30-21-9-7-8-20(15-21)26(27,28)29)14-19(23)16-33-24-11-6-5-10-22(24)17(2)3/h5-15,17H,4,16H2,1-3H3,(H,30,31). The van der Waals surface area contributed by atoms with E-state index in [1.807, 2.05) is 31.2 Å². The largest absolute Gasteiger partial charge is 0.493 e. The molecule has 0 bridgehead atoms. The van der Waals surface area contributed by atoms with Crippen LogP contribution in [0, 0.1) is 0 Å². The molecule has 7 heteroatoms. The van der Waals surface area contributed by atoms with E-state index in [0.29, 0.717) is 17.9 Å². The van der Waals surface area contributed by atoms with E-state index < -0.39 is 17.6 Å². The molecule has 0 aromatic heterocycles. The zero-order chi connectivity index (χ0) is 24.0. The molecule has 0 aliphatic heterocycles. The molecule has 0 aliphatic rings. The molecule has 0 radical (unpaired) electrons. The lowest BCUT2D eigenvalue weighted by Crippen LogP contribution is -2.14. The first-order valence-corrected chi connectivity index (χ1v) is 10.6. The van der Waals surface area contributed by atoms with Crippen molar-refractivity contribution in [2.75, 3.05) is 11.9 Å². The van der Waals surface area contributed by atoms with Crippen molar-refractivity contribution in [1.82, 2.24) is 0 Å². The summed E-state index contributed by atoms with van der Waals surface area (Å²) in [6.45, 7) is 6.61. The van der Waals surface area contributed by atoms with Crippen LogP contribution in [0.15, 0.2) is 66.7 Å². The summed E-state index contributed by atoms with van der Waals surface area (Å²) in [5.74, 6) is 1.07. The van der Waals surface area contributed by atoms with Crippen molar-refractivity contribution in [2.45, 2.75) is 39.5 Å². The molecule has 3 rings (SSSR count). The fourth-order valence-corrected chi connectivity index (χ4v) is 3.35. The van der Waals surface area contributed by atoms with Gasteiger partial charge in [0.15, 0.2) is 0 Å². The highest BCUT2D eigenvalue weighted by Gasteiger charge is 2.30. The average Bonchev–Trinajstić information content (AvgIpc) is 2.78. The van der Waals surface area contributed by atoms with Gasteiger partial charge in [0.25, 0.3) is 5.91 Å². The summed E-state index contributed by atoms with van der Waals surface area (Å²) in [6, 6.07) is 17.1. The molecule has 0 heterocycles. The zero-order valence-electron chi connectivity index (χ0n) is 18.7. The van der Waals surface area contributed by atoms with Crippen LogP contribution in [-0.4, -0.2) is 12.5 Å². The molecule has 0 saturated heterocycles. The minimum Gasteiger partial charge on any atom is -0.493 e. The first-order chi connectivity index (χ1) is 15.7. The quantitative estimate of drug-likeness (QED) is 0.394. The molecule has 3 aromatic rings. The van der Waals surface area contributed by atoms with Crippen LogP contribution in [0.1, 0.15) is 53.7 Å². The Balaban J connectivity index is 1.82. The normalized spacial score (nSPS) is 11.4. The van der Waals surface area contributed by atoms with Gasteiger partial charge in [-0.25, -0.2) is 0 Å². The monoisotopic (exact) mass is 457 g/mol. The van der Waals surface area contributed by atoms with Gasteiger partial charge in [0.05, 0.1) is 12.2 Å². The molecular formula is C26H26F3NO3. The van der Waals surface area contributed by atoms with Crippen LogP contribution in [0.2, 0.25) is 0 Å². The third-order valence-corrected chi connectivity index (χ3v) is 4.99. The van der Waals surface area contributed by atoms with Crippen LogP contribution in [0.4, 0.5) is 18.9 Å². The Bertz CT molecular complexity index is 1110. The molecule has 174 valence electrons. The molecular weight excluding hydrogens is 431 g/mol. The van der Waals surface area contributed by atoms with E-state index in [-0.39, 0.29) is 23.8 Å². The average molecular weight is 457 g/mol. The molecule has 0 spiro atoms. The van der Waals surface area contributed by atoms with Crippen molar-refractivity contribution in [1.29, 1.82) is 0 Å². The minimum absolute atomic E-state index is 0.0624. The number of alkyl halides is 3.